The summed E-state index contributed by atoms with van der Waals surface area (Å²) in [5.74, 6) is 0. The van der Waals surface area contributed by atoms with E-state index in [1.165, 1.54) is 24.3 Å². The maximum Gasteiger partial charge on any atom is 0.403 e. The molecule has 0 fully saturated rings. The zero-order valence-corrected chi connectivity index (χ0v) is 18.7. The summed E-state index contributed by atoms with van der Waals surface area (Å²) < 4.78 is 84.5. The SMILES string of the molecule is Cc1ccc(CC(Cc2ccc(C)c(I)c2)(C(F)(F)F)C(F)(F)F)cc1I. The molecular formula is C19H16F6I2. The molecule has 0 aromatic heterocycles. The lowest BCUT2D eigenvalue weighted by atomic mass is 9.75. The molecule has 0 spiro atoms. The lowest BCUT2D eigenvalue weighted by Gasteiger charge is -2.38. The maximum atomic E-state index is 13.9. The predicted molar refractivity (Wildman–Crippen MR) is 110 cm³/mol. The molecule has 0 N–H and O–H groups in total. The number of benzene rings is 2. The summed E-state index contributed by atoms with van der Waals surface area (Å²) in [5, 5.41) is 0. The number of hydrogen-bond donors (Lipinski definition) is 0. The second kappa shape index (κ2) is 8.08. The first-order valence-corrected chi connectivity index (χ1v) is 10.1. The van der Waals surface area contributed by atoms with Crippen LogP contribution in [0.25, 0.3) is 0 Å². The van der Waals surface area contributed by atoms with Crippen molar-refractivity contribution in [1.82, 2.24) is 0 Å². The fraction of sp³-hybridized carbons (Fsp3) is 0.368. The molecule has 0 unspecified atom stereocenters. The molecular weight excluding hydrogens is 596 g/mol. The van der Waals surface area contributed by atoms with E-state index in [4.69, 9.17) is 0 Å². The van der Waals surface area contributed by atoms with Crippen molar-refractivity contribution in [2.75, 3.05) is 0 Å². The second-order valence-electron chi connectivity index (χ2n) is 6.60. The van der Waals surface area contributed by atoms with Crippen molar-refractivity contribution >= 4 is 45.2 Å². The van der Waals surface area contributed by atoms with Gasteiger partial charge >= 0.3 is 12.4 Å². The lowest BCUT2D eigenvalue weighted by molar-refractivity contribution is -0.340. The second-order valence-corrected chi connectivity index (χ2v) is 8.92. The molecule has 0 heterocycles. The van der Waals surface area contributed by atoms with Gasteiger partial charge in [-0.3, -0.25) is 0 Å². The summed E-state index contributed by atoms with van der Waals surface area (Å²) >= 11 is 3.82. The minimum atomic E-state index is -5.45. The Kier molecular flexibility index (Phi) is 6.81. The maximum absolute atomic E-state index is 13.9. The molecule has 2 aromatic carbocycles. The van der Waals surface area contributed by atoms with E-state index in [1.54, 1.807) is 26.0 Å². The summed E-state index contributed by atoms with van der Waals surface area (Å²) in [4.78, 5) is 0. The smallest absolute Gasteiger partial charge is 0.170 e. The summed E-state index contributed by atoms with van der Waals surface area (Å²) in [7, 11) is 0. The molecule has 2 rings (SSSR count). The van der Waals surface area contributed by atoms with Gasteiger partial charge in [0.15, 0.2) is 5.41 Å². The van der Waals surface area contributed by atoms with Crippen LogP contribution < -0.4 is 0 Å². The van der Waals surface area contributed by atoms with Gasteiger partial charge in [0.2, 0.25) is 0 Å². The van der Waals surface area contributed by atoms with Crippen LogP contribution >= 0.6 is 45.2 Å². The van der Waals surface area contributed by atoms with Crippen molar-refractivity contribution in [3.8, 4) is 0 Å². The third-order valence-corrected chi connectivity index (χ3v) is 6.89. The van der Waals surface area contributed by atoms with Crippen LogP contribution in [0.1, 0.15) is 22.3 Å². The fourth-order valence-corrected chi connectivity index (χ4v) is 3.97. The molecule has 0 radical (unpaired) electrons. The van der Waals surface area contributed by atoms with E-state index in [9.17, 15) is 26.3 Å². The van der Waals surface area contributed by atoms with Crippen LogP contribution in [0.3, 0.4) is 0 Å². The van der Waals surface area contributed by atoms with Gasteiger partial charge in [-0.05, 0) is 106 Å². The molecule has 0 bridgehead atoms. The Balaban J connectivity index is 2.58. The van der Waals surface area contributed by atoms with Crippen molar-refractivity contribution in [2.24, 2.45) is 5.41 Å². The van der Waals surface area contributed by atoms with Crippen LogP contribution in [-0.2, 0) is 12.8 Å². The Morgan fingerprint density at radius 3 is 1.26 bits per heavy atom. The normalized spacial score (nSPS) is 13.1. The molecule has 0 nitrogen and oxygen atoms in total. The minimum Gasteiger partial charge on any atom is -0.170 e. The van der Waals surface area contributed by atoms with Gasteiger partial charge in [0.1, 0.15) is 0 Å². The lowest BCUT2D eigenvalue weighted by Crippen LogP contribution is -2.53. The summed E-state index contributed by atoms with van der Waals surface area (Å²) in [5.41, 5.74) is -2.21. The first kappa shape index (κ1) is 22.8. The standard InChI is InChI=1S/C19H16F6I2/c1-11-3-5-13(7-15(11)26)9-17(18(20,21)22,19(23,24)25)10-14-6-4-12(2)16(27)8-14/h3-8H,9-10H2,1-2H3. The largest absolute Gasteiger partial charge is 0.403 e. The molecule has 0 saturated carbocycles. The number of rotatable bonds is 4. The topological polar surface area (TPSA) is 0 Å². The number of hydrogen-bond acceptors (Lipinski definition) is 0. The third-order valence-electron chi connectivity index (χ3n) is 4.57. The van der Waals surface area contributed by atoms with E-state index in [-0.39, 0.29) is 11.1 Å². The van der Waals surface area contributed by atoms with Crippen LogP contribution in [0.15, 0.2) is 36.4 Å². The average molecular weight is 612 g/mol. The van der Waals surface area contributed by atoms with Gasteiger partial charge in [0, 0.05) is 7.14 Å². The van der Waals surface area contributed by atoms with Crippen molar-refractivity contribution in [2.45, 2.75) is 39.0 Å². The third kappa shape index (κ3) is 4.91. The Morgan fingerprint density at radius 2 is 1.00 bits per heavy atom. The fourth-order valence-electron chi connectivity index (χ4n) is 2.81. The van der Waals surface area contributed by atoms with E-state index in [0.29, 0.717) is 7.14 Å². The predicted octanol–water partition coefficient (Wildman–Crippen LogP) is 7.41. The molecule has 0 aliphatic rings. The molecule has 8 heteroatoms. The first-order valence-electron chi connectivity index (χ1n) is 7.90. The van der Waals surface area contributed by atoms with Gasteiger partial charge in [0.25, 0.3) is 0 Å². The van der Waals surface area contributed by atoms with Crippen LogP contribution in [0.2, 0.25) is 0 Å². The van der Waals surface area contributed by atoms with Crippen LogP contribution in [0.4, 0.5) is 26.3 Å². The van der Waals surface area contributed by atoms with Gasteiger partial charge in [-0.2, -0.15) is 26.3 Å². The van der Waals surface area contributed by atoms with Gasteiger partial charge < -0.3 is 0 Å². The highest BCUT2D eigenvalue weighted by atomic mass is 127. The molecule has 27 heavy (non-hydrogen) atoms. The van der Waals surface area contributed by atoms with E-state index in [1.807, 2.05) is 45.2 Å². The Labute approximate surface area is 181 Å². The van der Waals surface area contributed by atoms with Gasteiger partial charge in [-0.25, -0.2) is 0 Å². The van der Waals surface area contributed by atoms with Gasteiger partial charge in [0.05, 0.1) is 0 Å². The Morgan fingerprint density at radius 1 is 0.667 bits per heavy atom. The molecule has 0 amide bonds. The molecule has 148 valence electrons. The summed E-state index contributed by atoms with van der Waals surface area (Å²) in [6, 6.07) is 8.54. The van der Waals surface area contributed by atoms with Crippen molar-refractivity contribution < 1.29 is 26.3 Å². The molecule has 0 saturated heterocycles. The van der Waals surface area contributed by atoms with Crippen molar-refractivity contribution in [3.05, 3.63) is 65.8 Å². The minimum absolute atomic E-state index is 0.0152. The molecule has 0 atom stereocenters. The zero-order chi connectivity index (χ0) is 20.6. The first-order chi connectivity index (χ1) is 12.3. The van der Waals surface area contributed by atoms with E-state index < -0.39 is 30.6 Å². The monoisotopic (exact) mass is 612 g/mol. The van der Waals surface area contributed by atoms with Gasteiger partial charge in [-0.15, -0.1) is 0 Å². The molecule has 0 aliphatic carbocycles. The van der Waals surface area contributed by atoms with Crippen LogP contribution in [-0.4, -0.2) is 12.4 Å². The number of aryl methyl sites for hydroxylation is 2. The average Bonchev–Trinajstić information content (AvgIpc) is 2.51. The highest BCUT2D eigenvalue weighted by Gasteiger charge is 2.69. The zero-order valence-electron chi connectivity index (χ0n) is 14.4. The highest BCUT2D eigenvalue weighted by Crippen LogP contribution is 2.54. The molecule has 2 aromatic rings. The van der Waals surface area contributed by atoms with Crippen molar-refractivity contribution in [3.63, 3.8) is 0 Å². The Hall–Kier alpha value is -0.520. The number of halogens is 8. The molecule has 0 aliphatic heterocycles. The van der Waals surface area contributed by atoms with E-state index in [2.05, 4.69) is 0 Å². The highest BCUT2D eigenvalue weighted by molar-refractivity contribution is 14.1. The quantitative estimate of drug-likeness (QED) is 0.250. The van der Waals surface area contributed by atoms with Crippen LogP contribution in [0.5, 0.6) is 0 Å². The van der Waals surface area contributed by atoms with Gasteiger partial charge in [-0.1, -0.05) is 24.3 Å². The summed E-state index contributed by atoms with van der Waals surface area (Å²) in [6.07, 6.45) is -13.2. The van der Waals surface area contributed by atoms with E-state index in [0.717, 1.165) is 11.1 Å². The summed E-state index contributed by atoms with van der Waals surface area (Å²) in [6.45, 7) is 3.50. The van der Waals surface area contributed by atoms with E-state index >= 15 is 0 Å². The number of alkyl halides is 6. The van der Waals surface area contributed by atoms with Crippen LogP contribution in [0, 0.1) is 26.4 Å². The van der Waals surface area contributed by atoms with Crippen molar-refractivity contribution in [1.29, 1.82) is 0 Å². The Bertz CT molecular complexity index is 754.